The van der Waals surface area contributed by atoms with Gasteiger partial charge in [0.25, 0.3) is 0 Å². The van der Waals surface area contributed by atoms with E-state index >= 15 is 0 Å². The van der Waals surface area contributed by atoms with Crippen molar-refractivity contribution in [2.75, 3.05) is 11.1 Å². The molecular weight excluding hydrogens is 321 g/mol. The van der Waals surface area contributed by atoms with Crippen LogP contribution in [0.4, 0.5) is 20.2 Å². The molecule has 0 aliphatic carbocycles. The van der Waals surface area contributed by atoms with E-state index in [1.807, 2.05) is 0 Å². The molecular formula is C14H10Cl2F2N2O. The molecule has 0 bridgehead atoms. The van der Waals surface area contributed by atoms with E-state index in [0.717, 1.165) is 6.07 Å². The second kappa shape index (κ2) is 6.28. The lowest BCUT2D eigenvalue weighted by molar-refractivity contribution is -0.115. The minimum atomic E-state index is -0.899. The molecule has 0 aliphatic rings. The zero-order valence-electron chi connectivity index (χ0n) is 10.6. The van der Waals surface area contributed by atoms with Gasteiger partial charge >= 0.3 is 0 Å². The number of amides is 1. The second-order valence-corrected chi connectivity index (χ2v) is 5.14. The summed E-state index contributed by atoms with van der Waals surface area (Å²) in [5.41, 5.74) is 5.51. The highest BCUT2D eigenvalue weighted by atomic mass is 35.5. The summed E-state index contributed by atoms with van der Waals surface area (Å²) in [6, 6.07) is 6.37. The third kappa shape index (κ3) is 3.83. The zero-order chi connectivity index (χ0) is 15.6. The van der Waals surface area contributed by atoms with Crippen LogP contribution in [0.25, 0.3) is 0 Å². The van der Waals surface area contributed by atoms with Gasteiger partial charge in [-0.2, -0.15) is 0 Å². The largest absolute Gasteiger partial charge is 0.396 e. The fraction of sp³-hybridized carbons (Fsp3) is 0.0714. The van der Waals surface area contributed by atoms with Gasteiger partial charge in [0.15, 0.2) is 0 Å². The Balaban J connectivity index is 2.11. The Kier molecular flexibility index (Phi) is 4.65. The summed E-state index contributed by atoms with van der Waals surface area (Å²) in [7, 11) is 0. The summed E-state index contributed by atoms with van der Waals surface area (Å²) < 4.78 is 26.5. The topological polar surface area (TPSA) is 55.1 Å². The van der Waals surface area contributed by atoms with Crippen molar-refractivity contribution in [3.05, 3.63) is 57.6 Å². The van der Waals surface area contributed by atoms with Crippen molar-refractivity contribution in [1.29, 1.82) is 0 Å². The van der Waals surface area contributed by atoms with Crippen molar-refractivity contribution in [3.8, 4) is 0 Å². The number of carbonyl (C=O) groups excluding carboxylic acids is 1. The van der Waals surface area contributed by atoms with Crippen molar-refractivity contribution < 1.29 is 13.6 Å². The molecule has 110 valence electrons. The Morgan fingerprint density at radius 1 is 1.10 bits per heavy atom. The van der Waals surface area contributed by atoms with E-state index in [-0.39, 0.29) is 17.8 Å². The first-order valence-electron chi connectivity index (χ1n) is 5.85. The van der Waals surface area contributed by atoms with Crippen molar-refractivity contribution >= 4 is 40.5 Å². The molecule has 2 aromatic carbocycles. The summed E-state index contributed by atoms with van der Waals surface area (Å²) >= 11 is 11.6. The Hall–Kier alpha value is -1.85. The Morgan fingerprint density at radius 2 is 1.81 bits per heavy atom. The molecule has 7 heteroatoms. The Morgan fingerprint density at radius 3 is 2.48 bits per heavy atom. The van der Waals surface area contributed by atoms with Crippen LogP contribution in [0, 0.1) is 11.6 Å². The van der Waals surface area contributed by atoms with Crippen LogP contribution < -0.4 is 11.1 Å². The molecule has 0 saturated carbocycles. The van der Waals surface area contributed by atoms with Gasteiger partial charge in [0.1, 0.15) is 11.6 Å². The molecule has 0 aliphatic heterocycles. The number of hydrogen-bond acceptors (Lipinski definition) is 2. The van der Waals surface area contributed by atoms with Crippen LogP contribution in [-0.4, -0.2) is 5.91 Å². The highest BCUT2D eigenvalue weighted by Crippen LogP contribution is 2.24. The summed E-state index contributed by atoms with van der Waals surface area (Å²) in [6.07, 6.45) is -0.0341. The maximum atomic E-state index is 13.5. The molecule has 2 aromatic rings. The predicted octanol–water partition coefficient (Wildman–Crippen LogP) is 4.04. The van der Waals surface area contributed by atoms with Crippen LogP contribution >= 0.6 is 23.2 Å². The van der Waals surface area contributed by atoms with Crippen LogP contribution in [-0.2, 0) is 11.2 Å². The minimum absolute atomic E-state index is 0.0341. The maximum absolute atomic E-state index is 13.5. The number of nitrogens with one attached hydrogen (secondary N) is 1. The van der Waals surface area contributed by atoms with Gasteiger partial charge < -0.3 is 11.1 Å². The van der Waals surface area contributed by atoms with Gasteiger partial charge in [-0.15, -0.1) is 0 Å². The van der Waals surface area contributed by atoms with Crippen molar-refractivity contribution in [3.63, 3.8) is 0 Å². The summed E-state index contributed by atoms with van der Waals surface area (Å²) in [5.74, 6) is -2.27. The van der Waals surface area contributed by atoms with E-state index in [2.05, 4.69) is 5.32 Å². The smallest absolute Gasteiger partial charge is 0.228 e. The average molecular weight is 331 g/mol. The van der Waals surface area contributed by atoms with E-state index in [1.165, 1.54) is 0 Å². The number of rotatable bonds is 3. The monoisotopic (exact) mass is 330 g/mol. The molecule has 3 N–H and O–H groups in total. The van der Waals surface area contributed by atoms with Gasteiger partial charge in [0.05, 0.1) is 27.8 Å². The SMILES string of the molecule is Nc1cc(NC(=O)Cc2ccc(Cl)c(Cl)c2)c(F)cc1F. The molecule has 0 unspecified atom stereocenters. The number of halogens is 4. The molecule has 21 heavy (non-hydrogen) atoms. The van der Waals surface area contributed by atoms with Crippen molar-refractivity contribution in [1.82, 2.24) is 0 Å². The zero-order valence-corrected chi connectivity index (χ0v) is 12.1. The van der Waals surface area contributed by atoms with E-state index in [9.17, 15) is 13.6 Å². The number of nitrogen functional groups attached to an aromatic ring is 1. The second-order valence-electron chi connectivity index (χ2n) is 4.33. The van der Waals surface area contributed by atoms with E-state index in [4.69, 9.17) is 28.9 Å². The summed E-state index contributed by atoms with van der Waals surface area (Å²) in [4.78, 5) is 11.8. The molecule has 1 amide bonds. The van der Waals surface area contributed by atoms with Crippen LogP contribution in [0.15, 0.2) is 30.3 Å². The Labute approximate surface area is 129 Å². The van der Waals surface area contributed by atoms with E-state index in [1.54, 1.807) is 18.2 Å². The van der Waals surface area contributed by atoms with Crippen LogP contribution in [0.1, 0.15) is 5.56 Å². The van der Waals surface area contributed by atoms with Gasteiger partial charge in [0, 0.05) is 6.07 Å². The third-order valence-electron chi connectivity index (χ3n) is 2.71. The number of benzene rings is 2. The van der Waals surface area contributed by atoms with Crippen LogP contribution in [0.5, 0.6) is 0 Å². The number of hydrogen-bond donors (Lipinski definition) is 2. The van der Waals surface area contributed by atoms with Gasteiger partial charge in [-0.25, -0.2) is 8.78 Å². The van der Waals surface area contributed by atoms with Crippen molar-refractivity contribution in [2.24, 2.45) is 0 Å². The summed E-state index contributed by atoms with van der Waals surface area (Å²) in [6.45, 7) is 0. The highest BCUT2D eigenvalue weighted by molar-refractivity contribution is 6.42. The summed E-state index contributed by atoms with van der Waals surface area (Å²) in [5, 5.41) is 3.02. The van der Waals surface area contributed by atoms with Gasteiger partial charge in [-0.1, -0.05) is 29.3 Å². The van der Waals surface area contributed by atoms with E-state index < -0.39 is 17.5 Å². The lowest BCUT2D eigenvalue weighted by Gasteiger charge is -2.08. The first-order valence-corrected chi connectivity index (χ1v) is 6.60. The van der Waals surface area contributed by atoms with E-state index in [0.29, 0.717) is 21.7 Å². The quantitative estimate of drug-likeness (QED) is 0.834. The molecule has 3 nitrogen and oxygen atoms in total. The number of nitrogens with two attached hydrogens (primary N) is 1. The number of carbonyl (C=O) groups is 1. The first kappa shape index (κ1) is 15.5. The average Bonchev–Trinajstić information content (AvgIpc) is 2.40. The molecule has 0 atom stereocenters. The lowest BCUT2D eigenvalue weighted by Crippen LogP contribution is -2.15. The fourth-order valence-electron chi connectivity index (χ4n) is 1.69. The van der Waals surface area contributed by atoms with Gasteiger partial charge in [-0.3, -0.25) is 4.79 Å². The van der Waals surface area contributed by atoms with Crippen LogP contribution in [0.3, 0.4) is 0 Å². The molecule has 2 rings (SSSR count). The lowest BCUT2D eigenvalue weighted by atomic mass is 10.1. The highest BCUT2D eigenvalue weighted by Gasteiger charge is 2.12. The first-order chi connectivity index (χ1) is 9.86. The van der Waals surface area contributed by atoms with Gasteiger partial charge in [0.2, 0.25) is 5.91 Å². The molecule has 0 aromatic heterocycles. The third-order valence-corrected chi connectivity index (χ3v) is 3.45. The van der Waals surface area contributed by atoms with Crippen molar-refractivity contribution in [2.45, 2.75) is 6.42 Å². The molecule has 0 fully saturated rings. The maximum Gasteiger partial charge on any atom is 0.228 e. The number of anilines is 2. The van der Waals surface area contributed by atoms with Crippen LogP contribution in [0.2, 0.25) is 10.0 Å². The molecule has 0 spiro atoms. The minimum Gasteiger partial charge on any atom is -0.396 e. The normalized spacial score (nSPS) is 10.5. The fourth-order valence-corrected chi connectivity index (χ4v) is 2.01. The molecule has 0 heterocycles. The molecule has 0 radical (unpaired) electrons. The Bertz CT molecular complexity index is 708. The molecule has 0 saturated heterocycles. The van der Waals surface area contributed by atoms with Gasteiger partial charge in [-0.05, 0) is 23.8 Å². The predicted molar refractivity (Wildman–Crippen MR) is 79.6 cm³/mol. The standard InChI is InChI=1S/C14H10Cl2F2N2O/c15-8-2-1-7(3-9(8)16)4-14(21)20-13-6-12(19)10(17)5-11(13)18/h1-3,5-6H,4,19H2,(H,20,21).